The van der Waals surface area contributed by atoms with E-state index in [2.05, 4.69) is 31.9 Å². The Balaban J connectivity index is 2.59. The molecule has 0 aliphatic heterocycles. The van der Waals surface area contributed by atoms with Gasteiger partial charge in [-0.3, -0.25) is 4.79 Å². The lowest BCUT2D eigenvalue weighted by Crippen LogP contribution is -2.33. The van der Waals surface area contributed by atoms with Crippen LogP contribution >= 0.6 is 15.9 Å². The minimum atomic E-state index is -1.14. The van der Waals surface area contributed by atoms with Crippen LogP contribution in [0.2, 0.25) is 0 Å². The number of hydrogen-bond donors (Lipinski definition) is 4. The zero-order valence-electron chi connectivity index (χ0n) is 11.4. The number of rotatable bonds is 6. The molecule has 0 fully saturated rings. The first kappa shape index (κ1) is 17.0. The highest BCUT2D eigenvalue weighted by molar-refractivity contribution is 9.10. The van der Waals surface area contributed by atoms with Crippen LogP contribution in [0.15, 0.2) is 22.7 Å². The van der Waals surface area contributed by atoms with Crippen LogP contribution in [0.3, 0.4) is 0 Å². The molecule has 1 aromatic carbocycles. The van der Waals surface area contributed by atoms with Gasteiger partial charge in [0.15, 0.2) is 0 Å². The molecular weight excluding hydrogens is 342 g/mol. The molecule has 0 aliphatic carbocycles. The van der Waals surface area contributed by atoms with E-state index in [0.717, 1.165) is 0 Å². The van der Waals surface area contributed by atoms with Crippen molar-refractivity contribution in [1.29, 1.82) is 0 Å². The third-order valence-electron chi connectivity index (χ3n) is 2.49. The smallest absolute Gasteiger partial charge is 0.337 e. The molecule has 0 saturated carbocycles. The normalized spacial score (nSPS) is 9.81. The number of carbonyl (C=O) groups is 3. The van der Waals surface area contributed by atoms with Crippen LogP contribution in [0.1, 0.15) is 23.7 Å². The second-order valence-electron chi connectivity index (χ2n) is 4.05. The lowest BCUT2D eigenvalue weighted by molar-refractivity contribution is -0.120. The Morgan fingerprint density at radius 3 is 2.57 bits per heavy atom. The second kappa shape index (κ2) is 8.25. The lowest BCUT2D eigenvalue weighted by atomic mass is 10.2. The third kappa shape index (κ3) is 5.42. The highest BCUT2D eigenvalue weighted by Crippen LogP contribution is 2.26. The first-order chi connectivity index (χ1) is 9.95. The van der Waals surface area contributed by atoms with E-state index in [1.807, 2.05) is 0 Å². The van der Waals surface area contributed by atoms with Gasteiger partial charge in [-0.05, 0) is 35.0 Å². The Kier molecular flexibility index (Phi) is 6.67. The fraction of sp³-hybridized carbons (Fsp3) is 0.308. The number of aromatic carboxylic acids is 1. The largest absolute Gasteiger partial charge is 0.478 e. The van der Waals surface area contributed by atoms with Crippen molar-refractivity contribution in [1.82, 2.24) is 10.6 Å². The molecule has 0 unspecified atom stereocenters. The van der Waals surface area contributed by atoms with E-state index in [-0.39, 0.29) is 30.1 Å². The molecular formula is C13H16BrN3O4. The summed E-state index contributed by atoms with van der Waals surface area (Å²) in [5.74, 6) is -1.31. The van der Waals surface area contributed by atoms with Crippen LogP contribution in [0.4, 0.5) is 10.5 Å². The predicted molar refractivity (Wildman–Crippen MR) is 81.4 cm³/mol. The summed E-state index contributed by atoms with van der Waals surface area (Å²) < 4.78 is 0.460. The quantitative estimate of drug-likeness (QED) is 0.622. The van der Waals surface area contributed by atoms with E-state index in [1.54, 1.807) is 19.1 Å². The van der Waals surface area contributed by atoms with Gasteiger partial charge in [0.05, 0.1) is 11.3 Å². The van der Waals surface area contributed by atoms with Gasteiger partial charge in [-0.25, -0.2) is 9.59 Å². The Labute approximate surface area is 130 Å². The molecule has 7 nitrogen and oxygen atoms in total. The molecule has 1 rings (SSSR count). The van der Waals surface area contributed by atoms with Gasteiger partial charge >= 0.3 is 12.0 Å². The molecule has 4 N–H and O–H groups in total. The lowest BCUT2D eigenvalue weighted by Gasteiger charge is -2.11. The van der Waals surface area contributed by atoms with Crippen molar-refractivity contribution in [3.63, 3.8) is 0 Å². The summed E-state index contributed by atoms with van der Waals surface area (Å²) in [5, 5.41) is 16.6. The molecule has 0 saturated heterocycles. The highest BCUT2D eigenvalue weighted by Gasteiger charge is 2.15. The molecule has 0 aromatic heterocycles. The van der Waals surface area contributed by atoms with Crippen molar-refractivity contribution in [2.24, 2.45) is 0 Å². The van der Waals surface area contributed by atoms with Crippen LogP contribution < -0.4 is 16.0 Å². The van der Waals surface area contributed by atoms with Crippen molar-refractivity contribution < 1.29 is 19.5 Å². The predicted octanol–water partition coefficient (Wildman–Crippen LogP) is 1.79. The SMILES string of the molecule is CCNC(=O)CCNC(=O)Nc1c(Br)cccc1C(=O)O. The maximum atomic E-state index is 11.7. The van der Waals surface area contributed by atoms with E-state index in [1.165, 1.54) is 6.07 Å². The molecule has 1 aromatic rings. The Hall–Kier alpha value is -2.09. The molecule has 0 bridgehead atoms. The highest BCUT2D eigenvalue weighted by atomic mass is 79.9. The Morgan fingerprint density at radius 2 is 1.95 bits per heavy atom. The van der Waals surface area contributed by atoms with Gasteiger partial charge in [0.25, 0.3) is 0 Å². The number of carbonyl (C=O) groups excluding carboxylic acids is 2. The van der Waals surface area contributed by atoms with E-state index in [0.29, 0.717) is 11.0 Å². The van der Waals surface area contributed by atoms with Gasteiger partial charge in [0.2, 0.25) is 5.91 Å². The average molecular weight is 358 g/mol. The number of halogens is 1. The summed E-state index contributed by atoms with van der Waals surface area (Å²) in [4.78, 5) is 34.0. The fourth-order valence-electron chi connectivity index (χ4n) is 1.56. The summed E-state index contributed by atoms with van der Waals surface area (Å²) >= 11 is 3.19. The molecule has 0 atom stereocenters. The number of carboxylic acid groups (broad SMARTS) is 1. The van der Waals surface area contributed by atoms with E-state index in [9.17, 15) is 14.4 Å². The monoisotopic (exact) mass is 357 g/mol. The summed E-state index contributed by atoms with van der Waals surface area (Å²) in [6.07, 6.45) is 0.156. The summed E-state index contributed by atoms with van der Waals surface area (Å²) in [7, 11) is 0. The van der Waals surface area contributed by atoms with Gasteiger partial charge in [0.1, 0.15) is 0 Å². The van der Waals surface area contributed by atoms with Crippen LogP contribution in [0, 0.1) is 0 Å². The van der Waals surface area contributed by atoms with Crippen molar-refractivity contribution >= 4 is 39.5 Å². The zero-order valence-corrected chi connectivity index (χ0v) is 13.0. The molecule has 8 heteroatoms. The van der Waals surface area contributed by atoms with Gasteiger partial charge in [-0.1, -0.05) is 6.07 Å². The topological polar surface area (TPSA) is 108 Å². The van der Waals surface area contributed by atoms with Crippen molar-refractivity contribution in [3.05, 3.63) is 28.2 Å². The van der Waals surface area contributed by atoms with E-state index < -0.39 is 12.0 Å². The molecule has 0 heterocycles. The summed E-state index contributed by atoms with van der Waals surface area (Å²) in [6, 6.07) is 3.99. The maximum Gasteiger partial charge on any atom is 0.337 e. The van der Waals surface area contributed by atoms with Crippen LogP contribution in [-0.4, -0.2) is 36.1 Å². The number of para-hydroxylation sites is 1. The Morgan fingerprint density at radius 1 is 1.24 bits per heavy atom. The zero-order chi connectivity index (χ0) is 15.8. The number of benzene rings is 1. The second-order valence-corrected chi connectivity index (χ2v) is 4.91. The molecule has 0 radical (unpaired) electrons. The van der Waals surface area contributed by atoms with Crippen molar-refractivity contribution in [2.75, 3.05) is 18.4 Å². The summed E-state index contributed by atoms with van der Waals surface area (Å²) in [5.41, 5.74) is 0.142. The van der Waals surface area contributed by atoms with Gasteiger partial charge in [0, 0.05) is 24.0 Å². The van der Waals surface area contributed by atoms with Crippen molar-refractivity contribution in [2.45, 2.75) is 13.3 Å². The number of urea groups is 1. The van der Waals surface area contributed by atoms with E-state index in [4.69, 9.17) is 5.11 Å². The first-order valence-electron chi connectivity index (χ1n) is 6.29. The summed E-state index contributed by atoms with van der Waals surface area (Å²) in [6.45, 7) is 2.49. The molecule has 3 amide bonds. The molecule has 21 heavy (non-hydrogen) atoms. The molecule has 0 aliphatic rings. The van der Waals surface area contributed by atoms with Gasteiger partial charge in [-0.2, -0.15) is 0 Å². The number of anilines is 1. The van der Waals surface area contributed by atoms with Crippen LogP contribution in [0.25, 0.3) is 0 Å². The molecule has 0 spiro atoms. The number of nitrogens with one attached hydrogen (secondary N) is 3. The number of amides is 3. The number of hydrogen-bond acceptors (Lipinski definition) is 3. The average Bonchev–Trinajstić information content (AvgIpc) is 2.41. The minimum absolute atomic E-state index is 0.0248. The van der Waals surface area contributed by atoms with Gasteiger partial charge in [-0.15, -0.1) is 0 Å². The minimum Gasteiger partial charge on any atom is -0.478 e. The third-order valence-corrected chi connectivity index (χ3v) is 3.15. The van der Waals surface area contributed by atoms with Crippen LogP contribution in [0.5, 0.6) is 0 Å². The Bertz CT molecular complexity index is 548. The molecule has 114 valence electrons. The maximum absolute atomic E-state index is 11.7. The fourth-order valence-corrected chi connectivity index (χ4v) is 2.03. The number of carboxylic acids is 1. The van der Waals surface area contributed by atoms with Crippen molar-refractivity contribution in [3.8, 4) is 0 Å². The van der Waals surface area contributed by atoms with E-state index >= 15 is 0 Å². The standard InChI is InChI=1S/C13H16BrN3O4/c1-2-15-10(18)6-7-16-13(21)17-11-8(12(19)20)4-3-5-9(11)14/h3-5H,2,6-7H2,1H3,(H,15,18)(H,19,20)(H2,16,17,21). The van der Waals surface area contributed by atoms with Gasteiger partial charge < -0.3 is 21.1 Å². The van der Waals surface area contributed by atoms with Crippen LogP contribution in [-0.2, 0) is 4.79 Å². The first-order valence-corrected chi connectivity index (χ1v) is 7.08.